The Balaban J connectivity index is 2.46. The molecule has 0 aromatic heterocycles. The molecule has 1 aliphatic heterocycles. The summed E-state index contributed by atoms with van der Waals surface area (Å²) in [7, 11) is 0. The summed E-state index contributed by atoms with van der Waals surface area (Å²) in [6.07, 6.45) is 0.602. The molecule has 0 aromatic carbocycles. The Hall–Kier alpha value is -0.570. The third kappa shape index (κ3) is 1.99. The molecule has 1 rings (SSSR count). The van der Waals surface area contributed by atoms with E-state index in [0.29, 0.717) is 12.5 Å². The van der Waals surface area contributed by atoms with Crippen LogP contribution in [0.2, 0.25) is 0 Å². The van der Waals surface area contributed by atoms with Gasteiger partial charge in [-0.3, -0.25) is 4.79 Å². The van der Waals surface area contributed by atoms with Crippen molar-refractivity contribution in [3.63, 3.8) is 0 Å². The standard InChI is InChI=1S/C7H14N2O/c1-5-3-7(10)9-6(2)4-8-5/h5-6,8H,3-4H2,1-2H3,(H,9,10). The van der Waals surface area contributed by atoms with E-state index in [0.717, 1.165) is 6.54 Å². The van der Waals surface area contributed by atoms with Crippen molar-refractivity contribution in [2.45, 2.75) is 32.4 Å². The smallest absolute Gasteiger partial charge is 0.221 e. The lowest BCUT2D eigenvalue weighted by Gasteiger charge is -2.08. The van der Waals surface area contributed by atoms with Crippen molar-refractivity contribution < 1.29 is 4.79 Å². The molecule has 2 N–H and O–H groups in total. The van der Waals surface area contributed by atoms with Crippen LogP contribution in [0.4, 0.5) is 0 Å². The van der Waals surface area contributed by atoms with Gasteiger partial charge in [0.25, 0.3) is 0 Å². The molecule has 0 saturated carbocycles. The van der Waals surface area contributed by atoms with Gasteiger partial charge in [-0.1, -0.05) is 0 Å². The Morgan fingerprint density at radius 1 is 1.40 bits per heavy atom. The fraction of sp³-hybridized carbons (Fsp3) is 0.857. The quantitative estimate of drug-likeness (QED) is 0.495. The van der Waals surface area contributed by atoms with Crippen molar-refractivity contribution in [3.05, 3.63) is 0 Å². The highest BCUT2D eigenvalue weighted by atomic mass is 16.1. The maximum absolute atomic E-state index is 11.0. The first kappa shape index (κ1) is 7.54. The Kier molecular flexibility index (Phi) is 2.27. The molecule has 1 aliphatic rings. The normalized spacial score (nSPS) is 34.8. The minimum absolute atomic E-state index is 0.157. The summed E-state index contributed by atoms with van der Waals surface area (Å²) in [4.78, 5) is 11.0. The molecule has 0 spiro atoms. The van der Waals surface area contributed by atoms with Gasteiger partial charge in [0.05, 0.1) is 0 Å². The van der Waals surface area contributed by atoms with Crippen molar-refractivity contribution in [3.8, 4) is 0 Å². The SMILES string of the molecule is CC1CC(=O)NC(C)CN1. The second-order valence-corrected chi connectivity index (χ2v) is 2.98. The van der Waals surface area contributed by atoms with E-state index >= 15 is 0 Å². The first-order valence-corrected chi connectivity index (χ1v) is 3.71. The van der Waals surface area contributed by atoms with Crippen LogP contribution in [0.15, 0.2) is 0 Å². The Labute approximate surface area is 61.2 Å². The van der Waals surface area contributed by atoms with Gasteiger partial charge in [0.1, 0.15) is 0 Å². The van der Waals surface area contributed by atoms with Crippen LogP contribution in [0.1, 0.15) is 20.3 Å². The third-order valence-corrected chi connectivity index (χ3v) is 1.67. The van der Waals surface area contributed by atoms with E-state index < -0.39 is 0 Å². The van der Waals surface area contributed by atoms with E-state index in [1.165, 1.54) is 0 Å². The van der Waals surface area contributed by atoms with Crippen molar-refractivity contribution in [1.82, 2.24) is 10.6 Å². The maximum atomic E-state index is 11.0. The van der Waals surface area contributed by atoms with Crippen LogP contribution in [-0.2, 0) is 4.79 Å². The number of carbonyl (C=O) groups excluding carboxylic acids is 1. The number of rotatable bonds is 0. The highest BCUT2D eigenvalue weighted by Crippen LogP contribution is 1.96. The van der Waals surface area contributed by atoms with Crippen LogP contribution >= 0.6 is 0 Å². The number of carbonyl (C=O) groups is 1. The summed E-state index contributed by atoms with van der Waals surface area (Å²) in [6, 6.07) is 0.599. The van der Waals surface area contributed by atoms with Crippen LogP contribution in [0, 0.1) is 0 Å². The average molecular weight is 142 g/mol. The molecule has 3 nitrogen and oxygen atoms in total. The topological polar surface area (TPSA) is 41.1 Å². The van der Waals surface area contributed by atoms with E-state index in [1.807, 2.05) is 13.8 Å². The van der Waals surface area contributed by atoms with Crippen LogP contribution in [0.25, 0.3) is 0 Å². The number of hydrogen-bond acceptors (Lipinski definition) is 2. The van der Waals surface area contributed by atoms with Gasteiger partial charge in [-0.2, -0.15) is 0 Å². The molecular formula is C7H14N2O. The molecule has 0 bridgehead atoms. The number of hydrogen-bond donors (Lipinski definition) is 2. The van der Waals surface area contributed by atoms with Gasteiger partial charge in [-0.25, -0.2) is 0 Å². The van der Waals surface area contributed by atoms with E-state index in [-0.39, 0.29) is 11.9 Å². The van der Waals surface area contributed by atoms with E-state index in [9.17, 15) is 4.79 Å². The molecule has 1 heterocycles. The van der Waals surface area contributed by atoms with Crippen LogP contribution in [-0.4, -0.2) is 24.5 Å². The lowest BCUT2D eigenvalue weighted by molar-refractivity contribution is -0.121. The van der Waals surface area contributed by atoms with E-state index in [2.05, 4.69) is 10.6 Å². The summed E-state index contributed by atoms with van der Waals surface area (Å²) in [6.45, 7) is 4.91. The molecular weight excluding hydrogens is 128 g/mol. The molecule has 1 amide bonds. The van der Waals surface area contributed by atoms with E-state index in [1.54, 1.807) is 0 Å². The molecule has 3 heteroatoms. The van der Waals surface area contributed by atoms with Gasteiger partial charge in [0.2, 0.25) is 5.91 Å². The fourth-order valence-electron chi connectivity index (χ4n) is 1.11. The zero-order valence-electron chi connectivity index (χ0n) is 6.48. The largest absolute Gasteiger partial charge is 0.352 e. The van der Waals surface area contributed by atoms with Gasteiger partial charge >= 0.3 is 0 Å². The Morgan fingerprint density at radius 3 is 2.80 bits per heavy atom. The maximum Gasteiger partial charge on any atom is 0.221 e. The van der Waals surface area contributed by atoms with Crippen LogP contribution in [0.5, 0.6) is 0 Å². The highest BCUT2D eigenvalue weighted by molar-refractivity contribution is 5.77. The molecule has 1 fully saturated rings. The highest BCUT2D eigenvalue weighted by Gasteiger charge is 2.15. The summed E-state index contributed by atoms with van der Waals surface area (Å²) >= 11 is 0. The molecule has 0 aromatic rings. The molecule has 58 valence electrons. The van der Waals surface area contributed by atoms with Crippen molar-refractivity contribution in [1.29, 1.82) is 0 Å². The monoisotopic (exact) mass is 142 g/mol. The number of amides is 1. The molecule has 0 aliphatic carbocycles. The molecule has 0 radical (unpaired) electrons. The lowest BCUT2D eigenvalue weighted by atomic mass is 10.2. The van der Waals surface area contributed by atoms with Crippen LogP contribution < -0.4 is 10.6 Å². The molecule has 1 saturated heterocycles. The van der Waals surface area contributed by atoms with Gasteiger partial charge in [-0.05, 0) is 13.8 Å². The van der Waals surface area contributed by atoms with Crippen LogP contribution in [0.3, 0.4) is 0 Å². The molecule has 2 unspecified atom stereocenters. The van der Waals surface area contributed by atoms with Gasteiger partial charge in [0, 0.05) is 25.0 Å². The first-order valence-electron chi connectivity index (χ1n) is 3.71. The van der Waals surface area contributed by atoms with Crippen molar-refractivity contribution >= 4 is 5.91 Å². The zero-order valence-corrected chi connectivity index (χ0v) is 6.48. The minimum Gasteiger partial charge on any atom is -0.352 e. The third-order valence-electron chi connectivity index (χ3n) is 1.67. The summed E-state index contributed by atoms with van der Waals surface area (Å²) < 4.78 is 0. The first-order chi connectivity index (χ1) is 4.68. The molecule has 2 atom stereocenters. The molecule has 10 heavy (non-hydrogen) atoms. The number of nitrogens with one attached hydrogen (secondary N) is 2. The summed E-state index contributed by atoms with van der Waals surface area (Å²) in [5.74, 6) is 0.157. The summed E-state index contributed by atoms with van der Waals surface area (Å²) in [5.41, 5.74) is 0. The fourth-order valence-corrected chi connectivity index (χ4v) is 1.11. The minimum atomic E-state index is 0.157. The predicted molar refractivity (Wildman–Crippen MR) is 39.7 cm³/mol. The van der Waals surface area contributed by atoms with Gasteiger partial charge < -0.3 is 10.6 Å². The van der Waals surface area contributed by atoms with E-state index in [4.69, 9.17) is 0 Å². The Morgan fingerprint density at radius 2 is 2.10 bits per heavy atom. The summed E-state index contributed by atoms with van der Waals surface area (Å²) in [5, 5.41) is 6.11. The Bertz CT molecular complexity index is 122. The van der Waals surface area contributed by atoms with Crippen molar-refractivity contribution in [2.24, 2.45) is 0 Å². The van der Waals surface area contributed by atoms with Crippen molar-refractivity contribution in [2.75, 3.05) is 6.54 Å². The second-order valence-electron chi connectivity index (χ2n) is 2.98. The van der Waals surface area contributed by atoms with Gasteiger partial charge in [-0.15, -0.1) is 0 Å². The average Bonchev–Trinajstić information content (AvgIpc) is 1.93. The second kappa shape index (κ2) is 3.01. The predicted octanol–water partition coefficient (Wildman–Crippen LogP) is -0.127. The zero-order chi connectivity index (χ0) is 7.56. The lowest BCUT2D eigenvalue weighted by Crippen LogP contribution is -2.35. The van der Waals surface area contributed by atoms with Gasteiger partial charge in [0.15, 0.2) is 0 Å².